The molecule has 1 aliphatic heterocycles. The van der Waals surface area contributed by atoms with Gasteiger partial charge >= 0.3 is 0 Å². The summed E-state index contributed by atoms with van der Waals surface area (Å²) in [6.45, 7) is 4.01. The summed E-state index contributed by atoms with van der Waals surface area (Å²) in [6, 6.07) is 4.66. The smallest absolute Gasteiger partial charge is 0.294 e. The van der Waals surface area contributed by atoms with Crippen LogP contribution in [0.4, 0.5) is 17.1 Å². The van der Waals surface area contributed by atoms with Gasteiger partial charge in [0, 0.05) is 25.6 Å². The second-order valence-corrected chi connectivity index (χ2v) is 5.77. The molecule has 1 aliphatic rings. The summed E-state index contributed by atoms with van der Waals surface area (Å²) in [7, 11) is 0. The van der Waals surface area contributed by atoms with Crippen LogP contribution in [0.1, 0.15) is 26.7 Å². The molecule has 0 aromatic heterocycles. The Morgan fingerprint density at radius 3 is 2.71 bits per heavy atom. The first-order valence-electron chi connectivity index (χ1n) is 6.83. The third-order valence-electron chi connectivity index (χ3n) is 3.27. The monoisotopic (exact) mass is 293 g/mol. The maximum atomic E-state index is 11.7. The van der Waals surface area contributed by atoms with Gasteiger partial charge in [0.2, 0.25) is 5.91 Å². The molecule has 1 aromatic rings. The molecule has 2 N–H and O–H groups in total. The highest BCUT2D eigenvalue weighted by atomic mass is 16.6. The van der Waals surface area contributed by atoms with Crippen molar-refractivity contribution in [2.75, 3.05) is 23.3 Å². The Hall–Kier alpha value is -2.15. The second-order valence-electron chi connectivity index (χ2n) is 5.77. The summed E-state index contributed by atoms with van der Waals surface area (Å²) in [5.74, 6) is -0.0125. The standard InChI is InChI=1S/C14H19N3O4/c1-14(2,19)9-15-11-6-5-10(8-12(11)17(20)21)16-7-3-4-13(16)18/h5-6,8,15,19H,3-4,7,9H2,1-2H3. The van der Waals surface area contributed by atoms with Gasteiger partial charge < -0.3 is 15.3 Å². The minimum absolute atomic E-state index is 0.0125. The molecule has 7 nitrogen and oxygen atoms in total. The fraction of sp³-hybridized carbons (Fsp3) is 0.500. The van der Waals surface area contributed by atoms with Crippen LogP contribution in [0.5, 0.6) is 0 Å². The minimum atomic E-state index is -0.975. The Morgan fingerprint density at radius 2 is 2.19 bits per heavy atom. The fourth-order valence-electron chi connectivity index (χ4n) is 2.22. The largest absolute Gasteiger partial charge is 0.389 e. The van der Waals surface area contributed by atoms with Crippen LogP contribution in [-0.4, -0.2) is 34.6 Å². The summed E-state index contributed by atoms with van der Waals surface area (Å²) in [5.41, 5.74) is -0.204. The SMILES string of the molecule is CC(C)(O)CNc1ccc(N2CCCC2=O)cc1[N+](=O)[O-]. The number of nitrogens with one attached hydrogen (secondary N) is 1. The molecule has 0 atom stereocenters. The third-order valence-corrected chi connectivity index (χ3v) is 3.27. The number of nitro groups is 1. The zero-order chi connectivity index (χ0) is 15.6. The molecular formula is C14H19N3O4. The molecule has 21 heavy (non-hydrogen) atoms. The van der Waals surface area contributed by atoms with E-state index >= 15 is 0 Å². The molecule has 114 valence electrons. The Balaban J connectivity index is 2.27. The van der Waals surface area contributed by atoms with E-state index < -0.39 is 10.5 Å². The Bertz CT molecular complexity index is 566. The van der Waals surface area contributed by atoms with Crippen molar-refractivity contribution in [2.24, 2.45) is 0 Å². The van der Waals surface area contributed by atoms with Crippen molar-refractivity contribution in [1.82, 2.24) is 0 Å². The zero-order valence-electron chi connectivity index (χ0n) is 12.1. The average Bonchev–Trinajstić information content (AvgIpc) is 2.81. The summed E-state index contributed by atoms with van der Waals surface area (Å²) >= 11 is 0. The number of carbonyl (C=O) groups excluding carboxylic acids is 1. The number of hydrogen-bond donors (Lipinski definition) is 2. The van der Waals surface area contributed by atoms with Gasteiger partial charge in [-0.25, -0.2) is 0 Å². The summed E-state index contributed by atoms with van der Waals surface area (Å²) < 4.78 is 0. The Morgan fingerprint density at radius 1 is 1.48 bits per heavy atom. The van der Waals surface area contributed by atoms with Gasteiger partial charge in [0.25, 0.3) is 5.69 Å². The zero-order valence-corrected chi connectivity index (χ0v) is 12.1. The lowest BCUT2D eigenvalue weighted by atomic mass is 10.1. The third kappa shape index (κ3) is 3.69. The van der Waals surface area contributed by atoms with Gasteiger partial charge in [-0.05, 0) is 32.4 Å². The van der Waals surface area contributed by atoms with Crippen molar-refractivity contribution in [3.05, 3.63) is 28.3 Å². The van der Waals surface area contributed by atoms with Gasteiger partial charge in [-0.2, -0.15) is 0 Å². The van der Waals surface area contributed by atoms with Crippen LogP contribution < -0.4 is 10.2 Å². The Labute approximate surface area is 122 Å². The molecule has 1 heterocycles. The van der Waals surface area contributed by atoms with E-state index in [0.717, 1.165) is 6.42 Å². The molecule has 0 bridgehead atoms. The molecule has 0 aliphatic carbocycles. The summed E-state index contributed by atoms with van der Waals surface area (Å²) in [4.78, 5) is 24.0. The lowest BCUT2D eigenvalue weighted by Gasteiger charge is -2.20. The molecular weight excluding hydrogens is 274 g/mol. The van der Waals surface area contributed by atoms with E-state index in [-0.39, 0.29) is 18.1 Å². The number of nitrogens with zero attached hydrogens (tertiary/aromatic N) is 2. The first kappa shape index (κ1) is 15.2. The van der Waals surface area contributed by atoms with E-state index in [2.05, 4.69) is 5.32 Å². The predicted molar refractivity (Wildman–Crippen MR) is 79.5 cm³/mol. The molecule has 1 saturated heterocycles. The average molecular weight is 293 g/mol. The second kappa shape index (κ2) is 5.69. The van der Waals surface area contributed by atoms with E-state index in [4.69, 9.17) is 0 Å². The maximum Gasteiger partial charge on any atom is 0.294 e. The van der Waals surface area contributed by atoms with Crippen molar-refractivity contribution in [2.45, 2.75) is 32.3 Å². The van der Waals surface area contributed by atoms with Crippen LogP contribution in [0.3, 0.4) is 0 Å². The Kier molecular flexibility index (Phi) is 4.13. The maximum absolute atomic E-state index is 11.7. The predicted octanol–water partition coefficient (Wildman–Crippen LogP) is 1.90. The number of aliphatic hydroxyl groups is 1. The molecule has 7 heteroatoms. The highest BCUT2D eigenvalue weighted by Gasteiger charge is 2.25. The van der Waals surface area contributed by atoms with Crippen LogP contribution in [0, 0.1) is 10.1 Å². The molecule has 1 fully saturated rings. The van der Waals surface area contributed by atoms with Crippen LogP contribution in [0.15, 0.2) is 18.2 Å². The molecule has 0 unspecified atom stereocenters. The summed E-state index contributed by atoms with van der Waals surface area (Å²) in [5, 5.41) is 23.7. The number of benzene rings is 1. The van der Waals surface area contributed by atoms with Gasteiger partial charge in [0.05, 0.1) is 16.2 Å². The van der Waals surface area contributed by atoms with E-state index in [9.17, 15) is 20.0 Å². The highest BCUT2D eigenvalue weighted by Crippen LogP contribution is 2.31. The molecule has 1 aromatic carbocycles. The van der Waals surface area contributed by atoms with E-state index in [1.54, 1.807) is 30.9 Å². The van der Waals surface area contributed by atoms with E-state index in [0.29, 0.717) is 24.3 Å². The number of amides is 1. The molecule has 1 amide bonds. The number of carbonyl (C=O) groups is 1. The van der Waals surface area contributed by atoms with Crippen molar-refractivity contribution in [1.29, 1.82) is 0 Å². The molecule has 0 saturated carbocycles. The minimum Gasteiger partial charge on any atom is -0.389 e. The molecule has 0 radical (unpaired) electrons. The highest BCUT2D eigenvalue weighted by molar-refractivity contribution is 5.96. The van der Waals surface area contributed by atoms with Gasteiger partial charge in [0.1, 0.15) is 5.69 Å². The van der Waals surface area contributed by atoms with Crippen molar-refractivity contribution in [3.8, 4) is 0 Å². The normalized spacial score (nSPS) is 15.4. The molecule has 0 spiro atoms. The van der Waals surface area contributed by atoms with Crippen LogP contribution in [0.2, 0.25) is 0 Å². The lowest BCUT2D eigenvalue weighted by molar-refractivity contribution is -0.383. The first-order chi connectivity index (χ1) is 9.78. The molecule has 2 rings (SSSR count). The number of nitro benzene ring substituents is 1. The van der Waals surface area contributed by atoms with Crippen LogP contribution in [0.25, 0.3) is 0 Å². The topological polar surface area (TPSA) is 95.7 Å². The van der Waals surface area contributed by atoms with Gasteiger partial charge in [-0.15, -0.1) is 0 Å². The van der Waals surface area contributed by atoms with Crippen LogP contribution in [-0.2, 0) is 4.79 Å². The van der Waals surface area contributed by atoms with Crippen LogP contribution >= 0.6 is 0 Å². The van der Waals surface area contributed by atoms with Gasteiger partial charge in [0.15, 0.2) is 0 Å². The summed E-state index contributed by atoms with van der Waals surface area (Å²) in [6.07, 6.45) is 1.25. The van der Waals surface area contributed by atoms with E-state index in [1.165, 1.54) is 6.07 Å². The van der Waals surface area contributed by atoms with Crippen molar-refractivity contribution in [3.63, 3.8) is 0 Å². The number of hydrogen-bond acceptors (Lipinski definition) is 5. The fourth-order valence-corrected chi connectivity index (χ4v) is 2.22. The number of rotatable bonds is 5. The number of anilines is 2. The lowest BCUT2D eigenvalue weighted by Crippen LogP contribution is -2.29. The van der Waals surface area contributed by atoms with Crippen molar-refractivity contribution >= 4 is 23.0 Å². The first-order valence-corrected chi connectivity index (χ1v) is 6.83. The quantitative estimate of drug-likeness (QED) is 0.638. The van der Waals surface area contributed by atoms with Gasteiger partial charge in [-0.3, -0.25) is 14.9 Å². The van der Waals surface area contributed by atoms with E-state index in [1.807, 2.05) is 0 Å². The van der Waals surface area contributed by atoms with Gasteiger partial charge in [-0.1, -0.05) is 0 Å². The van der Waals surface area contributed by atoms with Crippen molar-refractivity contribution < 1.29 is 14.8 Å².